The molecule has 3 aromatic rings. The molecule has 0 saturated carbocycles. The monoisotopic (exact) mass is 570 g/mol. The summed E-state index contributed by atoms with van der Waals surface area (Å²) in [6.45, 7) is 5.63. The second-order valence-electron chi connectivity index (χ2n) is 6.53. The van der Waals surface area contributed by atoms with Crippen molar-refractivity contribution in [2.45, 2.75) is 20.8 Å². The van der Waals surface area contributed by atoms with Crippen LogP contribution in [-0.2, 0) is 9.13 Å². The van der Waals surface area contributed by atoms with Crippen LogP contribution >= 0.6 is 15.6 Å². The molecule has 13 heteroatoms. The maximum absolute atomic E-state index is 13.5. The molecule has 0 radical (unpaired) electrons. The number of hydrogen-bond acceptors (Lipinski definition) is 5. The summed E-state index contributed by atoms with van der Waals surface area (Å²) in [6.07, 6.45) is 0. The van der Waals surface area contributed by atoms with E-state index in [1.165, 1.54) is 0 Å². The van der Waals surface area contributed by atoms with Crippen molar-refractivity contribution in [1.29, 1.82) is 0 Å². The van der Waals surface area contributed by atoms with Gasteiger partial charge in [-0.05, 0) is 55.7 Å². The van der Waals surface area contributed by atoms with E-state index in [0.717, 1.165) is 16.7 Å². The molecule has 8 nitrogen and oxygen atoms in total. The topological polar surface area (TPSA) is 123 Å². The van der Waals surface area contributed by atoms with Crippen LogP contribution in [-0.4, -0.2) is 147 Å². The van der Waals surface area contributed by atoms with Crippen molar-refractivity contribution in [1.82, 2.24) is 0 Å². The van der Waals surface area contributed by atoms with Crippen molar-refractivity contribution >= 4 is 148 Å². The Labute approximate surface area is 307 Å². The normalized spacial score (nSPS) is 10.2. The second kappa shape index (κ2) is 18.0. The van der Waals surface area contributed by atoms with Crippen LogP contribution in [0.2, 0.25) is 0 Å². The van der Waals surface area contributed by atoms with Gasteiger partial charge in [-0.2, -0.15) is 4.57 Å². The first kappa shape index (κ1) is 37.8. The van der Waals surface area contributed by atoms with E-state index >= 15 is 0 Å². The minimum atomic E-state index is -4.64. The van der Waals surface area contributed by atoms with Gasteiger partial charge in [0.25, 0.3) is 0 Å². The van der Waals surface area contributed by atoms with E-state index in [9.17, 15) is 4.57 Å². The molecule has 34 heavy (non-hydrogen) atoms. The third kappa shape index (κ3) is 14.6. The number of phosphoric ester groups is 1. The molecule has 0 aromatic heterocycles. The predicted octanol–water partition coefficient (Wildman–Crippen LogP) is 3.38. The molecule has 3 rings (SSSR count). The van der Waals surface area contributed by atoms with Gasteiger partial charge in [-0.15, -0.1) is 0 Å². The number of benzene rings is 3. The Hall–Kier alpha value is 1.67. The summed E-state index contributed by atoms with van der Waals surface area (Å²) in [6, 6.07) is 22.0. The maximum atomic E-state index is 13.5. The Bertz CT molecular complexity index is 996. The molecule has 0 unspecified atom stereocenters. The van der Waals surface area contributed by atoms with Gasteiger partial charge in [0.15, 0.2) is 0 Å². The van der Waals surface area contributed by atoms with Gasteiger partial charge in [0.05, 0.1) is 0 Å². The van der Waals surface area contributed by atoms with Gasteiger partial charge in [-0.3, -0.25) is 0 Å². The van der Waals surface area contributed by atoms with E-state index < -0.39 is 15.6 Å². The van der Waals surface area contributed by atoms with E-state index in [-0.39, 0.29) is 132 Å². The fraction of sp³-hybridized carbons (Fsp3) is 0.143. The quantitative estimate of drug-likeness (QED) is 0.305. The molecular weight excluding hydrogens is 543 g/mol. The second-order valence-corrected chi connectivity index (χ2v) is 9.00. The summed E-state index contributed by atoms with van der Waals surface area (Å²) in [7, 11) is -8.60. The molecule has 0 fully saturated rings. The Morgan fingerprint density at radius 1 is 0.559 bits per heavy atom. The third-order valence-corrected chi connectivity index (χ3v) is 5.17. The van der Waals surface area contributed by atoms with Gasteiger partial charge in [-0.25, -0.2) is 4.57 Å². The van der Waals surface area contributed by atoms with E-state index in [1.807, 2.05) is 75.4 Å². The molecule has 3 aromatic carbocycles. The molecule has 0 saturated heterocycles. The summed E-state index contributed by atoms with van der Waals surface area (Å²) in [5, 5.41) is 0. The van der Waals surface area contributed by atoms with Crippen molar-refractivity contribution in [3.8, 4) is 17.2 Å². The van der Waals surface area contributed by atoms with Crippen LogP contribution in [0.3, 0.4) is 0 Å². The zero-order valence-corrected chi connectivity index (χ0v) is 19.0. The third-order valence-electron chi connectivity index (χ3n) is 3.91. The van der Waals surface area contributed by atoms with Crippen LogP contribution in [0.1, 0.15) is 16.7 Å². The molecule has 0 aliphatic rings. The van der Waals surface area contributed by atoms with E-state index in [2.05, 4.69) is 0 Å². The number of rotatable bonds is 6. The molecule has 0 amide bonds. The van der Waals surface area contributed by atoms with Gasteiger partial charge in [0.2, 0.25) is 0 Å². The minimum absolute atomic E-state index is 0. The van der Waals surface area contributed by atoms with Gasteiger partial charge in [0.1, 0.15) is 17.2 Å². The first-order valence-electron chi connectivity index (χ1n) is 9.11. The first-order chi connectivity index (χ1) is 14.5. The van der Waals surface area contributed by atoms with Crippen LogP contribution in [0.4, 0.5) is 0 Å². The van der Waals surface area contributed by atoms with Crippen molar-refractivity contribution < 1.29 is 37.4 Å². The van der Waals surface area contributed by atoms with Crippen LogP contribution in [0.25, 0.3) is 0 Å². The van der Waals surface area contributed by atoms with Crippen molar-refractivity contribution in [3.63, 3.8) is 0 Å². The number of aryl methyl sites for hydroxylation is 3. The average Bonchev–Trinajstić information content (AvgIpc) is 2.66. The molecule has 172 valence electrons. The van der Waals surface area contributed by atoms with Gasteiger partial charge in [-0.1, -0.05) is 54.6 Å². The fourth-order valence-electron chi connectivity index (χ4n) is 2.39. The molecule has 3 N–H and O–H groups in total. The zero-order valence-electron chi connectivity index (χ0n) is 17.2. The fourth-order valence-corrected chi connectivity index (χ4v) is 3.84. The SMILES string of the molecule is Cc1ccccc1OP(=O)(Oc1ccccc1C)Oc1ccccc1C.O=P(O)(O)O.[KH].[KH].[NaH]. The van der Waals surface area contributed by atoms with E-state index in [4.69, 9.17) is 32.8 Å². The molecule has 0 aliphatic carbocycles. The van der Waals surface area contributed by atoms with Crippen molar-refractivity contribution in [2.75, 3.05) is 0 Å². The van der Waals surface area contributed by atoms with Gasteiger partial charge >= 0.3 is 148 Å². The standard InChI is InChI=1S/C21H21O4P.2K.Na.H3O4P.3H/c1-16-10-4-7-13-19(16)23-26(22,24-20-14-8-5-11-17(20)2)25-21-15-9-6-12-18(21)3;;;;1-5(2,3)4;;;/h4-15H,1-3H3;;;;(H3,1,2,3,4);;;. The Balaban J connectivity index is 0. The average molecular weight is 571 g/mol. The summed E-state index contributed by atoms with van der Waals surface area (Å²) >= 11 is 0. The van der Waals surface area contributed by atoms with Crippen LogP contribution in [0, 0.1) is 20.8 Å². The molecule has 0 atom stereocenters. The van der Waals surface area contributed by atoms with Crippen LogP contribution in [0.15, 0.2) is 72.8 Å². The van der Waals surface area contributed by atoms with Crippen LogP contribution < -0.4 is 13.6 Å². The summed E-state index contributed by atoms with van der Waals surface area (Å²) < 4.78 is 39.7. The summed E-state index contributed by atoms with van der Waals surface area (Å²) in [5.41, 5.74) is 2.53. The molecule has 0 spiro atoms. The predicted molar refractivity (Wildman–Crippen MR) is 139 cm³/mol. The van der Waals surface area contributed by atoms with E-state index in [1.54, 1.807) is 18.2 Å². The number of phosphoric acid groups is 2. The first-order valence-corrected chi connectivity index (χ1v) is 12.1. The Morgan fingerprint density at radius 3 is 0.971 bits per heavy atom. The van der Waals surface area contributed by atoms with Gasteiger partial charge < -0.3 is 28.3 Å². The van der Waals surface area contributed by atoms with Gasteiger partial charge in [0, 0.05) is 0 Å². The molecule has 0 bridgehead atoms. The molecular formula is C21H27K2NaO8P2. The number of para-hydroxylation sites is 3. The molecule has 0 heterocycles. The summed E-state index contributed by atoms with van der Waals surface area (Å²) in [5.74, 6) is 1.37. The Morgan fingerprint density at radius 2 is 0.765 bits per heavy atom. The van der Waals surface area contributed by atoms with Crippen molar-refractivity contribution in [3.05, 3.63) is 89.5 Å². The van der Waals surface area contributed by atoms with Crippen LogP contribution in [0.5, 0.6) is 17.2 Å². The summed E-state index contributed by atoms with van der Waals surface area (Å²) in [4.78, 5) is 21.6. The number of hydrogen-bond donors (Lipinski definition) is 3. The van der Waals surface area contributed by atoms with E-state index in [0.29, 0.717) is 17.2 Å². The molecule has 0 aliphatic heterocycles. The Kier molecular flexibility index (Phi) is 20.1. The van der Waals surface area contributed by atoms with Crippen molar-refractivity contribution in [2.24, 2.45) is 0 Å². The zero-order chi connectivity index (χ0) is 23.1.